The zero-order chi connectivity index (χ0) is 16.9. The Morgan fingerprint density at radius 3 is 3.08 bits per heavy atom. The van der Waals surface area contributed by atoms with Gasteiger partial charge in [-0.1, -0.05) is 6.07 Å². The number of aromatic nitrogens is 2. The van der Waals surface area contributed by atoms with Crippen LogP contribution in [0.5, 0.6) is 0 Å². The molecule has 0 saturated carbocycles. The predicted octanol–water partition coefficient (Wildman–Crippen LogP) is 2.44. The van der Waals surface area contributed by atoms with Gasteiger partial charge in [-0.2, -0.15) is 5.10 Å². The normalized spacial score (nSPS) is 17.5. The number of aryl methyl sites for hydroxylation is 1. The van der Waals surface area contributed by atoms with Crippen LogP contribution in [0.2, 0.25) is 0 Å². The highest BCUT2D eigenvalue weighted by atomic mass is 16.5. The third-order valence-electron chi connectivity index (χ3n) is 4.29. The Morgan fingerprint density at radius 2 is 2.38 bits per heavy atom. The summed E-state index contributed by atoms with van der Waals surface area (Å²) in [4.78, 5) is 15.9. The monoisotopic (exact) mass is 326 g/mol. The molecule has 0 radical (unpaired) electrons. The summed E-state index contributed by atoms with van der Waals surface area (Å²) in [6.45, 7) is 5.86. The first-order valence-electron chi connectivity index (χ1n) is 8.18. The van der Waals surface area contributed by atoms with Gasteiger partial charge in [0.1, 0.15) is 5.69 Å². The van der Waals surface area contributed by atoms with Crippen molar-refractivity contribution in [1.82, 2.24) is 15.0 Å². The Labute approximate surface area is 141 Å². The summed E-state index contributed by atoms with van der Waals surface area (Å²) in [7, 11) is 0. The van der Waals surface area contributed by atoms with Gasteiger partial charge in [0, 0.05) is 36.3 Å². The van der Waals surface area contributed by atoms with Crippen molar-refractivity contribution < 1.29 is 9.53 Å². The predicted molar refractivity (Wildman–Crippen MR) is 92.2 cm³/mol. The van der Waals surface area contributed by atoms with Gasteiger partial charge in [-0.3, -0.25) is 9.78 Å². The maximum Gasteiger partial charge on any atom is 0.289 e. The van der Waals surface area contributed by atoms with Gasteiger partial charge < -0.3 is 9.30 Å². The lowest BCUT2D eigenvalue weighted by Gasteiger charge is -2.14. The Bertz CT molecular complexity index is 731. The van der Waals surface area contributed by atoms with Crippen molar-refractivity contribution >= 4 is 12.1 Å². The van der Waals surface area contributed by atoms with Crippen LogP contribution in [0, 0.1) is 13.8 Å². The third-order valence-corrected chi connectivity index (χ3v) is 4.29. The lowest BCUT2D eigenvalue weighted by atomic mass is 10.2. The maximum atomic E-state index is 11.9. The zero-order valence-corrected chi connectivity index (χ0v) is 14.0. The molecule has 126 valence electrons. The largest absolute Gasteiger partial charge is 0.376 e. The number of carbonyl (C=O) groups is 1. The van der Waals surface area contributed by atoms with E-state index in [2.05, 4.69) is 40.0 Å². The minimum absolute atomic E-state index is 0.295. The van der Waals surface area contributed by atoms with Gasteiger partial charge >= 0.3 is 0 Å². The number of hydrogen-bond acceptors (Lipinski definition) is 4. The Kier molecular flexibility index (Phi) is 5.05. The van der Waals surface area contributed by atoms with E-state index < -0.39 is 0 Å². The molecule has 6 nitrogen and oxygen atoms in total. The van der Waals surface area contributed by atoms with Crippen LogP contribution >= 0.6 is 0 Å². The minimum atomic E-state index is -0.319. The lowest BCUT2D eigenvalue weighted by molar-refractivity contribution is 0.0949. The van der Waals surface area contributed by atoms with E-state index in [4.69, 9.17) is 4.74 Å². The molecule has 1 amide bonds. The number of amides is 1. The Balaban J connectivity index is 1.65. The molecule has 3 heterocycles. The number of pyridine rings is 1. The SMILES string of the molecule is Cc1cc(/C=N\NC(=O)c2ccccn2)c(C)n1C[C@H]1CCCO1. The van der Waals surface area contributed by atoms with E-state index in [1.54, 1.807) is 30.6 Å². The highest BCUT2D eigenvalue weighted by Gasteiger charge is 2.18. The first-order chi connectivity index (χ1) is 11.6. The molecule has 24 heavy (non-hydrogen) atoms. The van der Waals surface area contributed by atoms with E-state index in [0.717, 1.165) is 37.3 Å². The van der Waals surface area contributed by atoms with Crippen LogP contribution in [-0.4, -0.2) is 34.4 Å². The number of hydrazone groups is 1. The number of nitrogens with zero attached hydrogens (tertiary/aromatic N) is 3. The van der Waals surface area contributed by atoms with E-state index >= 15 is 0 Å². The summed E-state index contributed by atoms with van der Waals surface area (Å²) in [5.74, 6) is -0.319. The van der Waals surface area contributed by atoms with Crippen molar-refractivity contribution in [3.05, 3.63) is 53.1 Å². The Hall–Kier alpha value is -2.47. The van der Waals surface area contributed by atoms with Crippen molar-refractivity contribution in [1.29, 1.82) is 0 Å². The summed E-state index contributed by atoms with van der Waals surface area (Å²) in [6, 6.07) is 7.26. The average molecular weight is 326 g/mol. The number of hydrogen-bond donors (Lipinski definition) is 1. The van der Waals surface area contributed by atoms with Gasteiger partial charge in [0.2, 0.25) is 0 Å². The van der Waals surface area contributed by atoms with Crippen molar-refractivity contribution in [2.45, 2.75) is 39.3 Å². The van der Waals surface area contributed by atoms with Crippen LogP contribution in [0.1, 0.15) is 40.3 Å². The van der Waals surface area contributed by atoms with Crippen LogP contribution in [-0.2, 0) is 11.3 Å². The topological polar surface area (TPSA) is 68.5 Å². The maximum absolute atomic E-state index is 11.9. The lowest BCUT2D eigenvalue weighted by Crippen LogP contribution is -2.19. The molecule has 1 saturated heterocycles. The van der Waals surface area contributed by atoms with Crippen molar-refractivity contribution in [3.63, 3.8) is 0 Å². The molecule has 0 aliphatic carbocycles. The second-order valence-electron chi connectivity index (χ2n) is 5.99. The molecule has 2 aromatic rings. The van der Waals surface area contributed by atoms with Crippen molar-refractivity contribution in [3.8, 4) is 0 Å². The van der Waals surface area contributed by atoms with Crippen LogP contribution in [0.25, 0.3) is 0 Å². The summed E-state index contributed by atoms with van der Waals surface area (Å²) in [5, 5.41) is 4.06. The molecule has 2 aromatic heterocycles. The molecule has 0 bridgehead atoms. The first kappa shape index (κ1) is 16.4. The molecule has 0 unspecified atom stereocenters. The first-order valence-corrected chi connectivity index (χ1v) is 8.18. The summed E-state index contributed by atoms with van der Waals surface area (Å²) < 4.78 is 7.97. The fraction of sp³-hybridized carbons (Fsp3) is 0.389. The van der Waals surface area contributed by atoms with Crippen LogP contribution < -0.4 is 5.43 Å². The van der Waals surface area contributed by atoms with Crippen molar-refractivity contribution in [2.75, 3.05) is 6.61 Å². The molecule has 1 atom stereocenters. The van der Waals surface area contributed by atoms with E-state index in [1.165, 1.54) is 5.69 Å². The molecule has 0 spiro atoms. The van der Waals surface area contributed by atoms with E-state index in [1.807, 2.05) is 0 Å². The fourth-order valence-electron chi connectivity index (χ4n) is 2.95. The third kappa shape index (κ3) is 3.71. The number of rotatable bonds is 5. The molecule has 6 heteroatoms. The molecule has 0 aromatic carbocycles. The second-order valence-corrected chi connectivity index (χ2v) is 5.99. The minimum Gasteiger partial charge on any atom is -0.376 e. The highest BCUT2D eigenvalue weighted by Crippen LogP contribution is 2.19. The fourth-order valence-corrected chi connectivity index (χ4v) is 2.95. The van der Waals surface area contributed by atoms with Crippen LogP contribution in [0.4, 0.5) is 0 Å². The molecule has 1 fully saturated rings. The quantitative estimate of drug-likeness (QED) is 0.678. The van der Waals surface area contributed by atoms with Gasteiger partial charge in [0.25, 0.3) is 5.91 Å². The Morgan fingerprint density at radius 1 is 1.50 bits per heavy atom. The average Bonchev–Trinajstić information content (AvgIpc) is 3.20. The van der Waals surface area contributed by atoms with Gasteiger partial charge in [-0.15, -0.1) is 0 Å². The van der Waals surface area contributed by atoms with E-state index in [-0.39, 0.29) is 5.91 Å². The van der Waals surface area contributed by atoms with E-state index in [9.17, 15) is 4.79 Å². The standard InChI is InChI=1S/C18H22N4O2/c1-13-10-15(14(2)22(13)12-16-6-5-9-24-16)11-20-21-18(23)17-7-3-4-8-19-17/h3-4,7-8,10-11,16H,5-6,9,12H2,1-2H3,(H,21,23)/b20-11-/t16-/m1/s1. The second kappa shape index (κ2) is 7.40. The van der Waals surface area contributed by atoms with Crippen LogP contribution in [0.15, 0.2) is 35.6 Å². The summed E-state index contributed by atoms with van der Waals surface area (Å²) in [5.41, 5.74) is 6.14. The molecule has 3 rings (SSSR count). The van der Waals surface area contributed by atoms with Crippen molar-refractivity contribution in [2.24, 2.45) is 5.10 Å². The molecule has 1 aliphatic rings. The molecular formula is C18H22N4O2. The zero-order valence-electron chi connectivity index (χ0n) is 14.0. The number of carbonyl (C=O) groups excluding carboxylic acids is 1. The van der Waals surface area contributed by atoms with E-state index in [0.29, 0.717) is 11.8 Å². The van der Waals surface area contributed by atoms with Crippen LogP contribution in [0.3, 0.4) is 0 Å². The van der Waals surface area contributed by atoms with Gasteiger partial charge in [0.05, 0.1) is 12.3 Å². The summed E-state index contributed by atoms with van der Waals surface area (Å²) in [6.07, 6.45) is 5.80. The smallest absolute Gasteiger partial charge is 0.289 e. The highest BCUT2D eigenvalue weighted by molar-refractivity contribution is 5.93. The molecule has 1 N–H and O–H groups in total. The van der Waals surface area contributed by atoms with Gasteiger partial charge in [-0.05, 0) is 44.9 Å². The summed E-state index contributed by atoms with van der Waals surface area (Å²) >= 11 is 0. The molecular weight excluding hydrogens is 304 g/mol. The van der Waals surface area contributed by atoms with Gasteiger partial charge in [0.15, 0.2) is 0 Å². The van der Waals surface area contributed by atoms with Gasteiger partial charge in [-0.25, -0.2) is 5.43 Å². The number of ether oxygens (including phenoxy) is 1. The molecule has 1 aliphatic heterocycles. The number of nitrogens with one attached hydrogen (secondary N) is 1.